The summed E-state index contributed by atoms with van der Waals surface area (Å²) in [7, 11) is 0. The van der Waals surface area contributed by atoms with Gasteiger partial charge < -0.3 is 15.8 Å². The number of urea groups is 1. The minimum atomic E-state index is -3.17. The highest BCUT2D eigenvalue weighted by Gasteiger charge is 2.14. The molecule has 0 radical (unpaired) electrons. The predicted molar refractivity (Wildman–Crippen MR) is 47.3 cm³/mol. The van der Waals surface area contributed by atoms with E-state index in [-0.39, 0.29) is 12.1 Å². The third-order valence-corrected chi connectivity index (χ3v) is 1.59. The van der Waals surface area contributed by atoms with E-state index in [1.165, 1.54) is 6.07 Å². The fourth-order valence-corrected chi connectivity index (χ4v) is 0.948. The van der Waals surface area contributed by atoms with E-state index in [0.717, 1.165) is 6.20 Å². The van der Waals surface area contributed by atoms with Gasteiger partial charge in [-0.25, -0.2) is 14.2 Å². The molecule has 0 saturated carbocycles. The molecule has 1 heterocycles. The van der Waals surface area contributed by atoms with Gasteiger partial charge in [-0.1, -0.05) is 0 Å². The minimum Gasteiger partial charge on any atom is -0.414 e. The summed E-state index contributed by atoms with van der Waals surface area (Å²) in [5.74, 6) is -1.88. The summed E-state index contributed by atoms with van der Waals surface area (Å²) in [6.45, 7) is -3.40. The second-order valence-corrected chi connectivity index (χ2v) is 2.69. The number of nitrogens with zero attached hydrogens (tertiary/aromatic N) is 1. The van der Waals surface area contributed by atoms with Crippen LogP contribution in [0.2, 0.25) is 0 Å². The number of primary amides is 1. The highest BCUT2D eigenvalue weighted by molar-refractivity contribution is 5.71. The van der Waals surface area contributed by atoms with Gasteiger partial charge in [0.1, 0.15) is 0 Å². The van der Waals surface area contributed by atoms with Crippen LogP contribution in [0.5, 0.6) is 5.88 Å². The molecule has 3 N–H and O–H groups in total. The maximum atomic E-state index is 13.4. The highest BCUT2D eigenvalue weighted by Crippen LogP contribution is 2.18. The Hall–Kier alpha value is -1.99. The second-order valence-electron chi connectivity index (χ2n) is 2.69. The summed E-state index contributed by atoms with van der Waals surface area (Å²) in [4.78, 5) is 13.7. The van der Waals surface area contributed by atoms with E-state index in [2.05, 4.69) is 15.0 Å². The predicted octanol–water partition coefficient (Wildman–Crippen LogP) is 0.990. The quantitative estimate of drug-likeness (QED) is 0.816. The molecule has 0 bridgehead atoms. The fourth-order valence-electron chi connectivity index (χ4n) is 0.948. The van der Waals surface area contributed by atoms with Crippen LogP contribution in [-0.2, 0) is 6.54 Å². The Morgan fingerprint density at radius 3 is 2.88 bits per heavy atom. The van der Waals surface area contributed by atoms with Crippen molar-refractivity contribution < 1.29 is 22.7 Å². The Kier molecular flexibility index (Phi) is 3.92. The number of halogens is 3. The van der Waals surface area contributed by atoms with E-state index in [1.54, 1.807) is 0 Å². The van der Waals surface area contributed by atoms with Crippen LogP contribution in [0.25, 0.3) is 0 Å². The van der Waals surface area contributed by atoms with Crippen LogP contribution in [0.3, 0.4) is 0 Å². The molecule has 88 valence electrons. The van der Waals surface area contributed by atoms with E-state index < -0.39 is 24.3 Å². The van der Waals surface area contributed by atoms with Crippen molar-refractivity contribution in [3.8, 4) is 5.88 Å². The zero-order valence-corrected chi connectivity index (χ0v) is 7.91. The molecule has 1 rings (SSSR count). The van der Waals surface area contributed by atoms with Gasteiger partial charge in [0.15, 0.2) is 5.82 Å². The molecule has 0 fully saturated rings. The molecule has 0 aliphatic carbocycles. The van der Waals surface area contributed by atoms with Crippen molar-refractivity contribution in [3.05, 3.63) is 23.6 Å². The van der Waals surface area contributed by atoms with Crippen LogP contribution in [0.15, 0.2) is 12.3 Å². The summed E-state index contributed by atoms with van der Waals surface area (Å²) in [6, 6.07) is 0.358. The molecule has 5 nitrogen and oxygen atoms in total. The van der Waals surface area contributed by atoms with E-state index in [0.29, 0.717) is 0 Å². The second kappa shape index (κ2) is 5.19. The van der Waals surface area contributed by atoms with Crippen LogP contribution in [0.4, 0.5) is 18.0 Å². The topological polar surface area (TPSA) is 77.2 Å². The molecule has 0 atom stereocenters. The summed E-state index contributed by atoms with van der Waals surface area (Å²) in [6.07, 6.45) is 1.08. The summed E-state index contributed by atoms with van der Waals surface area (Å²) in [5, 5.41) is 2.11. The van der Waals surface area contributed by atoms with Crippen molar-refractivity contribution in [2.24, 2.45) is 5.73 Å². The first-order valence-electron chi connectivity index (χ1n) is 4.12. The lowest BCUT2D eigenvalue weighted by Gasteiger charge is -2.08. The van der Waals surface area contributed by atoms with Gasteiger partial charge in [-0.15, -0.1) is 0 Å². The van der Waals surface area contributed by atoms with E-state index in [4.69, 9.17) is 5.73 Å². The number of carbonyl (C=O) groups is 1. The molecule has 0 aliphatic rings. The normalized spacial score (nSPS) is 10.2. The lowest BCUT2D eigenvalue weighted by atomic mass is 10.2. The molecule has 0 unspecified atom stereocenters. The monoisotopic (exact) mass is 235 g/mol. The lowest BCUT2D eigenvalue weighted by molar-refractivity contribution is -0.0554. The highest BCUT2D eigenvalue weighted by atomic mass is 19.3. The first-order chi connectivity index (χ1) is 7.50. The van der Waals surface area contributed by atoms with Gasteiger partial charge in [0.25, 0.3) is 5.88 Å². The number of ether oxygens (including phenoxy) is 1. The zero-order valence-electron chi connectivity index (χ0n) is 7.91. The molecule has 1 aromatic rings. The van der Waals surface area contributed by atoms with Crippen molar-refractivity contribution >= 4 is 6.03 Å². The summed E-state index contributed by atoms with van der Waals surface area (Å²) in [5.41, 5.74) is 4.72. The number of rotatable bonds is 4. The average Bonchev–Trinajstić information content (AvgIpc) is 2.18. The number of aromatic nitrogens is 1. The van der Waals surface area contributed by atoms with Gasteiger partial charge in [0, 0.05) is 18.3 Å². The first-order valence-corrected chi connectivity index (χ1v) is 4.12. The molecule has 0 aromatic carbocycles. The van der Waals surface area contributed by atoms with Crippen LogP contribution in [0, 0.1) is 5.82 Å². The SMILES string of the molecule is NC(=O)NCc1ccnc(OC(F)F)c1F. The van der Waals surface area contributed by atoms with Crippen molar-refractivity contribution in [1.82, 2.24) is 10.3 Å². The average molecular weight is 235 g/mol. The molecule has 8 heteroatoms. The van der Waals surface area contributed by atoms with Crippen molar-refractivity contribution in [1.29, 1.82) is 0 Å². The molecule has 1 aromatic heterocycles. The van der Waals surface area contributed by atoms with Crippen LogP contribution in [0.1, 0.15) is 5.56 Å². The Morgan fingerprint density at radius 1 is 1.62 bits per heavy atom. The molecular weight excluding hydrogens is 227 g/mol. The maximum Gasteiger partial charge on any atom is 0.388 e. The molecular formula is C8H8F3N3O2. The fraction of sp³-hybridized carbons (Fsp3) is 0.250. The van der Waals surface area contributed by atoms with Gasteiger partial charge in [-0.2, -0.15) is 8.78 Å². The van der Waals surface area contributed by atoms with Gasteiger partial charge in [0.05, 0.1) is 0 Å². The van der Waals surface area contributed by atoms with E-state index in [1.807, 2.05) is 0 Å². The largest absolute Gasteiger partial charge is 0.414 e. The molecule has 16 heavy (non-hydrogen) atoms. The first kappa shape index (κ1) is 12.1. The van der Waals surface area contributed by atoms with Gasteiger partial charge >= 0.3 is 12.6 Å². The number of hydrogen-bond donors (Lipinski definition) is 2. The van der Waals surface area contributed by atoms with Gasteiger partial charge in [-0.05, 0) is 6.07 Å². The smallest absolute Gasteiger partial charge is 0.388 e. The number of alkyl halides is 2. The zero-order chi connectivity index (χ0) is 12.1. The summed E-state index contributed by atoms with van der Waals surface area (Å²) < 4.78 is 40.9. The van der Waals surface area contributed by atoms with Crippen LogP contribution in [-0.4, -0.2) is 17.6 Å². The van der Waals surface area contributed by atoms with E-state index in [9.17, 15) is 18.0 Å². The molecule has 2 amide bonds. The number of carbonyl (C=O) groups excluding carboxylic acids is 1. The molecule has 0 aliphatic heterocycles. The van der Waals surface area contributed by atoms with Crippen molar-refractivity contribution in [3.63, 3.8) is 0 Å². The van der Waals surface area contributed by atoms with Gasteiger partial charge in [-0.3, -0.25) is 0 Å². The Bertz CT molecular complexity index is 387. The third kappa shape index (κ3) is 3.30. The molecule has 0 saturated heterocycles. The number of amides is 2. The maximum absolute atomic E-state index is 13.4. The lowest BCUT2D eigenvalue weighted by Crippen LogP contribution is -2.29. The van der Waals surface area contributed by atoms with Crippen LogP contribution < -0.4 is 15.8 Å². The van der Waals surface area contributed by atoms with E-state index >= 15 is 0 Å². The number of nitrogens with two attached hydrogens (primary N) is 1. The van der Waals surface area contributed by atoms with Crippen molar-refractivity contribution in [2.75, 3.05) is 0 Å². The Balaban J connectivity index is 2.81. The Labute approximate surface area is 88.4 Å². The number of pyridine rings is 1. The molecule has 0 spiro atoms. The Morgan fingerprint density at radius 2 is 2.31 bits per heavy atom. The minimum absolute atomic E-state index is 0.0514. The van der Waals surface area contributed by atoms with Crippen molar-refractivity contribution in [2.45, 2.75) is 13.2 Å². The number of nitrogens with one attached hydrogen (secondary N) is 1. The third-order valence-electron chi connectivity index (χ3n) is 1.59. The number of hydrogen-bond acceptors (Lipinski definition) is 3. The van der Waals surface area contributed by atoms with Crippen LogP contribution >= 0.6 is 0 Å². The van der Waals surface area contributed by atoms with Gasteiger partial charge in [0.2, 0.25) is 0 Å². The summed E-state index contributed by atoms with van der Waals surface area (Å²) >= 11 is 0. The standard InChI is InChI=1S/C8H8F3N3O2/c9-5-4(3-14-8(12)15)1-2-13-6(5)16-7(10)11/h1-2,7H,3H2,(H3,12,14,15).